The van der Waals surface area contributed by atoms with Gasteiger partial charge in [-0.1, -0.05) is 0 Å². The molecule has 1 unspecified atom stereocenters. The van der Waals surface area contributed by atoms with Crippen LogP contribution in [0.2, 0.25) is 0 Å². The average Bonchev–Trinajstić information content (AvgIpc) is 3.22. The van der Waals surface area contributed by atoms with Crippen molar-refractivity contribution in [2.45, 2.75) is 52.2 Å². The van der Waals surface area contributed by atoms with Gasteiger partial charge in [0.25, 0.3) is 0 Å². The highest BCUT2D eigenvalue weighted by molar-refractivity contribution is 5.79. The van der Waals surface area contributed by atoms with Gasteiger partial charge >= 0.3 is 0 Å². The first-order valence-electron chi connectivity index (χ1n) is 9.34. The Kier molecular flexibility index (Phi) is 8.76. The highest BCUT2D eigenvalue weighted by Gasteiger charge is 2.14. The molecule has 2 heterocycles. The van der Waals surface area contributed by atoms with Gasteiger partial charge in [0, 0.05) is 45.6 Å². The van der Waals surface area contributed by atoms with Gasteiger partial charge in [-0.05, 0) is 45.6 Å². The third kappa shape index (κ3) is 7.44. The monoisotopic (exact) mass is 351 g/mol. The molecule has 0 aliphatic carbocycles. The second-order valence-electron chi connectivity index (χ2n) is 6.49. The zero-order valence-electron chi connectivity index (χ0n) is 15.9. The van der Waals surface area contributed by atoms with Crippen LogP contribution in [0, 0.1) is 13.8 Å². The highest BCUT2D eigenvalue weighted by atomic mass is 16.5. The van der Waals surface area contributed by atoms with Crippen LogP contribution in [0.15, 0.2) is 11.1 Å². The lowest BCUT2D eigenvalue weighted by atomic mass is 10.2. The smallest absolute Gasteiger partial charge is 0.190 e. The molecular formula is C18H33N5O2. The van der Waals surface area contributed by atoms with Gasteiger partial charge in [0.15, 0.2) is 5.96 Å². The van der Waals surface area contributed by atoms with E-state index in [0.29, 0.717) is 6.10 Å². The third-order valence-electron chi connectivity index (χ3n) is 4.25. The van der Waals surface area contributed by atoms with Gasteiger partial charge in [0.05, 0.1) is 18.4 Å². The number of nitrogens with one attached hydrogen (secondary N) is 2. The average molecular weight is 351 g/mol. The fourth-order valence-electron chi connectivity index (χ4n) is 2.93. The van der Waals surface area contributed by atoms with Gasteiger partial charge in [0.1, 0.15) is 0 Å². The lowest BCUT2D eigenvalue weighted by molar-refractivity contribution is 0.0168. The van der Waals surface area contributed by atoms with E-state index in [9.17, 15) is 0 Å². The van der Waals surface area contributed by atoms with E-state index in [1.165, 1.54) is 5.69 Å². The summed E-state index contributed by atoms with van der Waals surface area (Å²) in [6.45, 7) is 9.11. The van der Waals surface area contributed by atoms with Gasteiger partial charge in [-0.3, -0.25) is 9.67 Å². The number of nitrogens with zero attached hydrogens (tertiary/aromatic N) is 3. The first kappa shape index (κ1) is 19.7. The normalized spacial score (nSPS) is 17.9. The van der Waals surface area contributed by atoms with Crippen molar-refractivity contribution in [1.29, 1.82) is 0 Å². The molecule has 0 radical (unpaired) electrons. The largest absolute Gasteiger partial charge is 0.379 e. The van der Waals surface area contributed by atoms with E-state index in [4.69, 9.17) is 9.47 Å². The maximum atomic E-state index is 5.66. The number of hydrogen-bond donors (Lipinski definition) is 2. The molecule has 7 nitrogen and oxygen atoms in total. The van der Waals surface area contributed by atoms with Crippen molar-refractivity contribution in [3.63, 3.8) is 0 Å². The van der Waals surface area contributed by atoms with Crippen molar-refractivity contribution in [2.24, 2.45) is 4.99 Å². The van der Waals surface area contributed by atoms with E-state index in [1.54, 1.807) is 7.05 Å². The van der Waals surface area contributed by atoms with Crippen molar-refractivity contribution in [2.75, 3.05) is 40.0 Å². The molecule has 1 saturated heterocycles. The van der Waals surface area contributed by atoms with E-state index < -0.39 is 0 Å². The molecule has 1 aliphatic heterocycles. The third-order valence-corrected chi connectivity index (χ3v) is 4.25. The van der Waals surface area contributed by atoms with E-state index in [-0.39, 0.29) is 0 Å². The van der Waals surface area contributed by atoms with Crippen LogP contribution in [0.4, 0.5) is 0 Å². The molecule has 0 bridgehead atoms. The zero-order valence-corrected chi connectivity index (χ0v) is 15.9. The van der Waals surface area contributed by atoms with E-state index in [0.717, 1.165) is 76.8 Å². The summed E-state index contributed by atoms with van der Waals surface area (Å²) >= 11 is 0. The first-order chi connectivity index (χ1) is 12.2. The number of rotatable bonds is 10. The first-order valence-corrected chi connectivity index (χ1v) is 9.34. The Balaban J connectivity index is 1.48. The van der Waals surface area contributed by atoms with Crippen LogP contribution in [-0.2, 0) is 16.0 Å². The van der Waals surface area contributed by atoms with Gasteiger partial charge in [-0.2, -0.15) is 5.10 Å². The molecule has 2 N–H and O–H groups in total. The maximum Gasteiger partial charge on any atom is 0.190 e. The maximum absolute atomic E-state index is 5.66. The Morgan fingerprint density at radius 2 is 2.16 bits per heavy atom. The van der Waals surface area contributed by atoms with E-state index in [2.05, 4.69) is 38.4 Å². The van der Waals surface area contributed by atoms with Crippen molar-refractivity contribution < 1.29 is 9.47 Å². The summed E-state index contributed by atoms with van der Waals surface area (Å²) in [5.74, 6) is 0.840. The summed E-state index contributed by atoms with van der Waals surface area (Å²) < 4.78 is 13.2. The summed E-state index contributed by atoms with van der Waals surface area (Å²) in [6.07, 6.45) is 4.57. The fourth-order valence-corrected chi connectivity index (χ4v) is 2.93. The molecule has 0 spiro atoms. The van der Waals surface area contributed by atoms with Crippen LogP contribution < -0.4 is 10.6 Å². The predicted octanol–water partition coefficient (Wildman–Crippen LogP) is 1.64. The zero-order chi connectivity index (χ0) is 17.9. The number of hydrogen-bond acceptors (Lipinski definition) is 4. The summed E-state index contributed by atoms with van der Waals surface area (Å²) in [7, 11) is 1.80. The quantitative estimate of drug-likeness (QED) is 0.381. The molecule has 1 atom stereocenters. The Hall–Kier alpha value is -1.60. The summed E-state index contributed by atoms with van der Waals surface area (Å²) in [4.78, 5) is 4.25. The molecule has 0 saturated carbocycles. The minimum atomic E-state index is 0.310. The molecule has 1 aromatic heterocycles. The van der Waals surface area contributed by atoms with Crippen LogP contribution in [0.5, 0.6) is 0 Å². The molecule has 1 aliphatic rings. The fraction of sp³-hybridized carbons (Fsp3) is 0.778. The molecule has 142 valence electrons. The number of aliphatic imine (C=N–C) groups is 1. The van der Waals surface area contributed by atoms with Crippen molar-refractivity contribution in [3.8, 4) is 0 Å². The van der Waals surface area contributed by atoms with Gasteiger partial charge in [0.2, 0.25) is 0 Å². The minimum absolute atomic E-state index is 0.310. The second-order valence-corrected chi connectivity index (χ2v) is 6.49. The highest BCUT2D eigenvalue weighted by Crippen LogP contribution is 2.11. The molecule has 2 rings (SSSR count). The molecule has 1 aromatic rings. The minimum Gasteiger partial charge on any atom is -0.379 e. The number of guanidine groups is 1. The molecule has 0 aromatic carbocycles. The standard InChI is InChI=1S/C18H33N5O2/c1-15-13-16(2)23(22-15)10-5-8-20-18(19-3)21-9-6-11-24-14-17-7-4-12-25-17/h13,17H,4-12,14H2,1-3H3,(H2,19,20,21). The Bertz CT molecular complexity index is 524. The molecule has 25 heavy (non-hydrogen) atoms. The molecule has 0 amide bonds. The predicted molar refractivity (Wildman–Crippen MR) is 100 cm³/mol. The number of aromatic nitrogens is 2. The molecule has 7 heteroatoms. The van der Waals surface area contributed by atoms with Crippen molar-refractivity contribution in [1.82, 2.24) is 20.4 Å². The summed E-state index contributed by atoms with van der Waals surface area (Å²) in [6, 6.07) is 2.11. The number of ether oxygens (including phenoxy) is 2. The number of aryl methyl sites for hydroxylation is 3. The molecular weight excluding hydrogens is 318 g/mol. The van der Waals surface area contributed by atoms with Gasteiger partial charge < -0.3 is 20.1 Å². The van der Waals surface area contributed by atoms with Crippen LogP contribution in [0.25, 0.3) is 0 Å². The van der Waals surface area contributed by atoms with Crippen LogP contribution >= 0.6 is 0 Å². The van der Waals surface area contributed by atoms with Crippen molar-refractivity contribution >= 4 is 5.96 Å². The molecule has 1 fully saturated rings. The SMILES string of the molecule is CN=C(NCCCOCC1CCCO1)NCCCn1nc(C)cc1C. The van der Waals surface area contributed by atoms with E-state index in [1.807, 2.05) is 6.92 Å². The lowest BCUT2D eigenvalue weighted by Crippen LogP contribution is -2.38. The summed E-state index contributed by atoms with van der Waals surface area (Å²) in [5.41, 5.74) is 2.28. The lowest BCUT2D eigenvalue weighted by Gasteiger charge is -2.13. The Morgan fingerprint density at radius 3 is 2.80 bits per heavy atom. The topological polar surface area (TPSA) is 72.7 Å². The van der Waals surface area contributed by atoms with Gasteiger partial charge in [-0.15, -0.1) is 0 Å². The Morgan fingerprint density at radius 1 is 1.36 bits per heavy atom. The van der Waals surface area contributed by atoms with Crippen LogP contribution in [0.1, 0.15) is 37.1 Å². The van der Waals surface area contributed by atoms with Crippen molar-refractivity contribution in [3.05, 3.63) is 17.5 Å². The summed E-state index contributed by atoms with van der Waals surface area (Å²) in [5, 5.41) is 11.1. The van der Waals surface area contributed by atoms with Gasteiger partial charge in [-0.25, -0.2) is 0 Å². The Labute approximate surface area is 151 Å². The second kappa shape index (κ2) is 11.1. The van der Waals surface area contributed by atoms with E-state index >= 15 is 0 Å². The van der Waals surface area contributed by atoms with Crippen LogP contribution in [0.3, 0.4) is 0 Å². The van der Waals surface area contributed by atoms with Crippen LogP contribution in [-0.4, -0.2) is 61.8 Å².